The fourth-order valence-electron chi connectivity index (χ4n) is 2.41. The lowest BCUT2D eigenvalue weighted by atomic mass is 10.2. The quantitative estimate of drug-likeness (QED) is 0.870. The number of nitrogens with zero attached hydrogens (tertiary/aromatic N) is 2. The maximum atomic E-state index is 10.8. The molecule has 1 fully saturated rings. The minimum Gasteiger partial charge on any atom is -0.497 e. The summed E-state index contributed by atoms with van der Waals surface area (Å²) in [6.07, 6.45) is 0. The molecular weight excluding hydrogens is 254 g/mol. The van der Waals surface area contributed by atoms with Crippen LogP contribution in [0, 0.1) is 0 Å². The molecule has 0 saturated carbocycles. The molecule has 2 rings (SSSR count). The molecule has 1 aromatic carbocycles. The predicted molar refractivity (Wildman–Crippen MR) is 80.3 cm³/mol. The van der Waals surface area contributed by atoms with E-state index in [1.165, 1.54) is 5.69 Å². The topological polar surface area (TPSA) is 44.8 Å². The number of methoxy groups -OCH3 is 1. The summed E-state index contributed by atoms with van der Waals surface area (Å²) in [6.45, 7) is 7.32. The molecule has 0 unspecified atom stereocenters. The number of ether oxygens (including phenoxy) is 1. The molecular formula is C15H23N3O2. The average Bonchev–Trinajstić information content (AvgIpc) is 2.48. The molecule has 5 nitrogen and oxygen atoms in total. The Morgan fingerprint density at radius 1 is 1.20 bits per heavy atom. The molecule has 20 heavy (non-hydrogen) atoms. The minimum atomic E-state index is 0.0434. The first kappa shape index (κ1) is 14.7. The Kier molecular flexibility index (Phi) is 5.24. The molecule has 0 radical (unpaired) electrons. The van der Waals surface area contributed by atoms with Gasteiger partial charge in [0.05, 0.1) is 7.11 Å². The molecule has 5 heteroatoms. The second kappa shape index (κ2) is 7.14. The van der Waals surface area contributed by atoms with E-state index in [-0.39, 0.29) is 5.91 Å². The number of nitrogens with one attached hydrogen (secondary N) is 1. The summed E-state index contributed by atoms with van der Waals surface area (Å²) in [5.74, 6) is 0.935. The van der Waals surface area contributed by atoms with Crippen LogP contribution in [0.15, 0.2) is 24.3 Å². The number of carbonyl (C=O) groups is 1. The summed E-state index contributed by atoms with van der Waals surface area (Å²) in [6, 6.07) is 8.20. The number of carbonyl (C=O) groups excluding carboxylic acids is 1. The number of benzene rings is 1. The third kappa shape index (κ3) is 4.13. The molecule has 1 aliphatic rings. The van der Waals surface area contributed by atoms with Gasteiger partial charge in [0, 0.05) is 51.9 Å². The molecule has 0 atom stereocenters. The van der Waals surface area contributed by atoms with Gasteiger partial charge in [-0.1, -0.05) is 0 Å². The molecule has 1 heterocycles. The fraction of sp³-hybridized carbons (Fsp3) is 0.533. The molecule has 1 amide bonds. The maximum Gasteiger partial charge on any atom is 0.216 e. The van der Waals surface area contributed by atoms with Crippen molar-refractivity contribution in [3.8, 4) is 5.75 Å². The van der Waals surface area contributed by atoms with Crippen molar-refractivity contribution in [1.82, 2.24) is 10.2 Å². The molecule has 0 spiro atoms. The van der Waals surface area contributed by atoms with E-state index in [1.807, 2.05) is 12.1 Å². The van der Waals surface area contributed by atoms with Crippen molar-refractivity contribution in [3.05, 3.63) is 24.3 Å². The average molecular weight is 277 g/mol. The van der Waals surface area contributed by atoms with E-state index in [2.05, 4.69) is 27.2 Å². The van der Waals surface area contributed by atoms with Gasteiger partial charge in [-0.25, -0.2) is 0 Å². The van der Waals surface area contributed by atoms with Crippen molar-refractivity contribution >= 4 is 11.6 Å². The Hall–Kier alpha value is -1.75. The highest BCUT2D eigenvalue weighted by atomic mass is 16.5. The second-order valence-corrected chi connectivity index (χ2v) is 5.01. The van der Waals surface area contributed by atoms with E-state index < -0.39 is 0 Å². The second-order valence-electron chi connectivity index (χ2n) is 5.01. The van der Waals surface area contributed by atoms with Crippen LogP contribution in [0.4, 0.5) is 5.69 Å². The van der Waals surface area contributed by atoms with Crippen LogP contribution >= 0.6 is 0 Å². The zero-order valence-electron chi connectivity index (χ0n) is 12.3. The standard InChI is InChI=1S/C15H23N3O2/c1-13(19)16-7-8-17-9-11-18(12-10-17)14-3-5-15(20-2)6-4-14/h3-6H,7-12H2,1-2H3,(H,16,19). The lowest BCUT2D eigenvalue weighted by molar-refractivity contribution is -0.119. The first-order valence-corrected chi connectivity index (χ1v) is 7.05. The van der Waals surface area contributed by atoms with Crippen molar-refractivity contribution < 1.29 is 9.53 Å². The van der Waals surface area contributed by atoms with Crippen LogP contribution in [0.25, 0.3) is 0 Å². The number of anilines is 1. The van der Waals surface area contributed by atoms with Crippen molar-refractivity contribution in [2.24, 2.45) is 0 Å². The maximum absolute atomic E-state index is 10.8. The molecule has 0 aliphatic carbocycles. The van der Waals surface area contributed by atoms with E-state index in [9.17, 15) is 4.79 Å². The van der Waals surface area contributed by atoms with Gasteiger partial charge in [-0.2, -0.15) is 0 Å². The van der Waals surface area contributed by atoms with Crippen molar-refractivity contribution in [1.29, 1.82) is 0 Å². The Morgan fingerprint density at radius 3 is 2.40 bits per heavy atom. The van der Waals surface area contributed by atoms with E-state index in [1.54, 1.807) is 14.0 Å². The summed E-state index contributed by atoms with van der Waals surface area (Å²) in [5, 5.41) is 2.84. The van der Waals surface area contributed by atoms with Gasteiger partial charge in [0.15, 0.2) is 0 Å². The minimum absolute atomic E-state index is 0.0434. The largest absolute Gasteiger partial charge is 0.497 e. The van der Waals surface area contributed by atoms with Crippen LogP contribution in [-0.2, 0) is 4.79 Å². The SMILES string of the molecule is COc1ccc(N2CCN(CCNC(C)=O)CC2)cc1. The van der Waals surface area contributed by atoms with E-state index in [0.29, 0.717) is 0 Å². The molecule has 1 saturated heterocycles. The fourth-order valence-corrected chi connectivity index (χ4v) is 2.41. The number of piperazine rings is 1. The monoisotopic (exact) mass is 277 g/mol. The Morgan fingerprint density at radius 2 is 1.85 bits per heavy atom. The van der Waals surface area contributed by atoms with E-state index in [0.717, 1.165) is 45.0 Å². The van der Waals surface area contributed by atoms with Crippen LogP contribution in [0.3, 0.4) is 0 Å². The summed E-state index contributed by atoms with van der Waals surface area (Å²) in [7, 11) is 1.68. The van der Waals surface area contributed by atoms with E-state index in [4.69, 9.17) is 4.74 Å². The number of hydrogen-bond acceptors (Lipinski definition) is 4. The predicted octanol–water partition coefficient (Wildman–Crippen LogP) is 0.953. The Bertz CT molecular complexity index is 425. The summed E-state index contributed by atoms with van der Waals surface area (Å²) in [4.78, 5) is 15.6. The highest BCUT2D eigenvalue weighted by molar-refractivity contribution is 5.72. The molecule has 1 aromatic rings. The Balaban J connectivity index is 1.77. The molecule has 1 aliphatic heterocycles. The van der Waals surface area contributed by atoms with Crippen LogP contribution < -0.4 is 15.0 Å². The molecule has 1 N–H and O–H groups in total. The number of rotatable bonds is 5. The van der Waals surface area contributed by atoms with Gasteiger partial charge in [-0.15, -0.1) is 0 Å². The van der Waals surface area contributed by atoms with Crippen LogP contribution in [0.1, 0.15) is 6.92 Å². The molecule has 110 valence electrons. The zero-order valence-corrected chi connectivity index (χ0v) is 12.3. The third-order valence-corrected chi connectivity index (χ3v) is 3.61. The first-order valence-electron chi connectivity index (χ1n) is 7.05. The summed E-state index contributed by atoms with van der Waals surface area (Å²) < 4.78 is 5.18. The van der Waals surface area contributed by atoms with Crippen molar-refractivity contribution in [3.63, 3.8) is 0 Å². The number of amides is 1. The smallest absolute Gasteiger partial charge is 0.216 e. The van der Waals surface area contributed by atoms with Crippen LogP contribution in [-0.4, -0.2) is 57.2 Å². The highest BCUT2D eigenvalue weighted by Crippen LogP contribution is 2.20. The van der Waals surface area contributed by atoms with Crippen LogP contribution in [0.5, 0.6) is 5.75 Å². The normalized spacial score (nSPS) is 16.0. The van der Waals surface area contributed by atoms with Gasteiger partial charge in [0.1, 0.15) is 5.75 Å². The van der Waals surface area contributed by atoms with Gasteiger partial charge in [-0.05, 0) is 24.3 Å². The molecule has 0 bridgehead atoms. The Labute approximate surface area is 120 Å². The molecule has 0 aromatic heterocycles. The van der Waals surface area contributed by atoms with Gasteiger partial charge in [0.2, 0.25) is 5.91 Å². The third-order valence-electron chi connectivity index (χ3n) is 3.61. The zero-order chi connectivity index (χ0) is 14.4. The van der Waals surface area contributed by atoms with Gasteiger partial charge in [-0.3, -0.25) is 9.69 Å². The summed E-state index contributed by atoms with van der Waals surface area (Å²) >= 11 is 0. The van der Waals surface area contributed by atoms with Gasteiger partial charge >= 0.3 is 0 Å². The van der Waals surface area contributed by atoms with E-state index >= 15 is 0 Å². The van der Waals surface area contributed by atoms with Crippen LogP contribution in [0.2, 0.25) is 0 Å². The lowest BCUT2D eigenvalue weighted by Crippen LogP contribution is -2.48. The number of hydrogen-bond donors (Lipinski definition) is 1. The van der Waals surface area contributed by atoms with Gasteiger partial charge in [0.25, 0.3) is 0 Å². The van der Waals surface area contributed by atoms with Gasteiger partial charge < -0.3 is 15.0 Å². The lowest BCUT2D eigenvalue weighted by Gasteiger charge is -2.36. The van der Waals surface area contributed by atoms with Crippen molar-refractivity contribution in [2.75, 3.05) is 51.3 Å². The highest BCUT2D eigenvalue weighted by Gasteiger charge is 2.16. The summed E-state index contributed by atoms with van der Waals surface area (Å²) in [5.41, 5.74) is 1.24. The van der Waals surface area contributed by atoms with Crippen molar-refractivity contribution in [2.45, 2.75) is 6.92 Å². The first-order chi connectivity index (χ1) is 9.69.